The Morgan fingerprint density at radius 1 is 0.628 bits per heavy atom. The first-order valence-corrected chi connectivity index (χ1v) is 12.1. The average Bonchev–Trinajstić information content (AvgIpc) is 2.89. The zero-order valence-corrected chi connectivity index (χ0v) is 22.7. The molecule has 20 heteroatoms. The second-order valence-electron chi connectivity index (χ2n) is 8.51. The fourth-order valence-electron chi connectivity index (χ4n) is 3.47. The van der Waals surface area contributed by atoms with Gasteiger partial charge in [0.2, 0.25) is 0 Å². The van der Waals surface area contributed by atoms with E-state index in [9.17, 15) is 53.9 Å². The van der Waals surface area contributed by atoms with Gasteiger partial charge in [0.1, 0.15) is 12.4 Å². The van der Waals surface area contributed by atoms with Gasteiger partial charge in [0, 0.05) is 30.8 Å². The minimum atomic E-state index is -5.34. The summed E-state index contributed by atoms with van der Waals surface area (Å²) in [5.41, 5.74) is 5.82. The lowest BCUT2D eigenvalue weighted by Gasteiger charge is -2.25. The molecule has 0 saturated carbocycles. The van der Waals surface area contributed by atoms with E-state index in [2.05, 4.69) is 5.11 Å². The summed E-state index contributed by atoms with van der Waals surface area (Å²) in [6.07, 6.45) is -16.0. The minimum Gasteiger partial charge on any atom is -0.490 e. The Balaban J connectivity index is 3.46. The van der Waals surface area contributed by atoms with Gasteiger partial charge in [0.05, 0.1) is 33.0 Å². The third-order valence-corrected chi connectivity index (χ3v) is 5.60. The molecule has 0 spiro atoms. The summed E-state index contributed by atoms with van der Waals surface area (Å²) in [5, 5.41) is 7.77. The maximum absolute atomic E-state index is 12.8. The molecule has 43 heavy (non-hydrogen) atoms. The van der Waals surface area contributed by atoms with Gasteiger partial charge in [-0.1, -0.05) is 0 Å². The number of nitrogens with one attached hydrogen (secondary N) is 4. The number of rotatable bonds is 16. The van der Waals surface area contributed by atoms with Crippen molar-refractivity contribution in [2.75, 3.05) is 39.6 Å². The summed E-state index contributed by atoms with van der Waals surface area (Å²) in [7, 11) is 0. The van der Waals surface area contributed by atoms with Gasteiger partial charge in [0.15, 0.2) is 0 Å². The van der Waals surface area contributed by atoms with E-state index in [0.29, 0.717) is 0 Å². The molecule has 11 nitrogen and oxygen atoms in total. The van der Waals surface area contributed by atoms with E-state index < -0.39 is 55.9 Å². The Morgan fingerprint density at radius 2 is 0.977 bits per heavy atom. The lowest BCUT2D eigenvalue weighted by atomic mass is 9.91. The van der Waals surface area contributed by atoms with E-state index in [1.165, 1.54) is 13.8 Å². The van der Waals surface area contributed by atoms with Gasteiger partial charge in [0.25, 0.3) is 0 Å². The SMILES string of the molecule is Cc1c(CNC(=O)C(F)(F)F)c(C)c(CNC(=O)C(F)(F)F)c(OCCOCCOCCN=N)c1CNC(=O)C(F)(F)F. The van der Waals surface area contributed by atoms with Crippen LogP contribution in [0.15, 0.2) is 5.11 Å². The van der Waals surface area contributed by atoms with E-state index in [1.54, 1.807) is 16.0 Å². The van der Waals surface area contributed by atoms with Crippen LogP contribution in [0.4, 0.5) is 39.5 Å². The summed E-state index contributed by atoms with van der Waals surface area (Å²) < 4.78 is 131. The van der Waals surface area contributed by atoms with E-state index in [4.69, 9.17) is 19.7 Å². The van der Waals surface area contributed by atoms with Crippen molar-refractivity contribution in [3.8, 4) is 5.75 Å². The maximum Gasteiger partial charge on any atom is 0.471 e. The molecule has 0 atom stereocenters. The molecular formula is C23H28F9N5O6. The number of halogens is 9. The molecule has 3 amide bonds. The molecule has 0 aliphatic carbocycles. The molecule has 244 valence electrons. The van der Waals surface area contributed by atoms with Crippen molar-refractivity contribution in [2.45, 2.75) is 52.0 Å². The quantitative estimate of drug-likeness (QED) is 0.124. The van der Waals surface area contributed by atoms with Gasteiger partial charge in [-0.05, 0) is 30.5 Å². The molecule has 0 saturated heterocycles. The van der Waals surface area contributed by atoms with Gasteiger partial charge < -0.3 is 30.2 Å². The highest BCUT2D eigenvalue weighted by Crippen LogP contribution is 2.35. The minimum absolute atomic E-state index is 0.0280. The normalized spacial score (nSPS) is 12.1. The monoisotopic (exact) mass is 641 g/mol. The Labute approximate surface area is 238 Å². The molecule has 0 aliphatic heterocycles. The molecule has 0 aliphatic rings. The van der Waals surface area contributed by atoms with Crippen LogP contribution in [-0.2, 0) is 43.5 Å². The molecular weight excluding hydrogens is 613 g/mol. The largest absolute Gasteiger partial charge is 0.490 e. The van der Waals surface area contributed by atoms with E-state index in [1.807, 2.05) is 0 Å². The first-order valence-electron chi connectivity index (χ1n) is 12.1. The topological polar surface area (TPSA) is 151 Å². The van der Waals surface area contributed by atoms with Crippen LogP contribution in [-0.4, -0.2) is 75.8 Å². The van der Waals surface area contributed by atoms with Crippen molar-refractivity contribution in [1.29, 1.82) is 5.53 Å². The van der Waals surface area contributed by atoms with Gasteiger partial charge >= 0.3 is 36.3 Å². The summed E-state index contributed by atoms with van der Waals surface area (Å²) in [6.45, 7) is -0.466. The predicted octanol–water partition coefficient (Wildman–Crippen LogP) is 3.28. The molecule has 0 aromatic heterocycles. The van der Waals surface area contributed by atoms with Crippen molar-refractivity contribution in [1.82, 2.24) is 16.0 Å². The number of alkyl halides is 9. The molecule has 4 N–H and O–H groups in total. The molecule has 0 bridgehead atoms. The number of carbonyl (C=O) groups is 3. The molecule has 0 radical (unpaired) electrons. The summed E-state index contributed by atoms with van der Waals surface area (Å²) >= 11 is 0. The van der Waals surface area contributed by atoms with Gasteiger partial charge in [-0.25, -0.2) is 5.53 Å². The fraction of sp³-hybridized carbons (Fsp3) is 0.609. The number of amides is 3. The van der Waals surface area contributed by atoms with Gasteiger partial charge in [-0.15, -0.1) is 0 Å². The highest BCUT2D eigenvalue weighted by atomic mass is 19.4. The second kappa shape index (κ2) is 16.2. The molecule has 1 aromatic rings. The molecule has 0 fully saturated rings. The molecule has 1 rings (SSSR count). The van der Waals surface area contributed by atoms with Crippen LogP contribution < -0.4 is 20.7 Å². The lowest BCUT2D eigenvalue weighted by molar-refractivity contribution is -0.173. The highest BCUT2D eigenvalue weighted by molar-refractivity contribution is 5.83. The Kier molecular flexibility index (Phi) is 14.1. The van der Waals surface area contributed by atoms with Crippen molar-refractivity contribution >= 4 is 17.7 Å². The van der Waals surface area contributed by atoms with Crippen LogP contribution in [0.5, 0.6) is 5.75 Å². The van der Waals surface area contributed by atoms with Crippen LogP contribution in [0, 0.1) is 19.4 Å². The fourth-order valence-corrected chi connectivity index (χ4v) is 3.47. The third-order valence-electron chi connectivity index (χ3n) is 5.60. The number of carbonyl (C=O) groups excluding carboxylic acids is 3. The number of ether oxygens (including phenoxy) is 3. The zero-order chi connectivity index (χ0) is 33.0. The van der Waals surface area contributed by atoms with E-state index in [0.717, 1.165) is 0 Å². The van der Waals surface area contributed by atoms with Crippen LogP contribution in [0.25, 0.3) is 0 Å². The van der Waals surface area contributed by atoms with E-state index >= 15 is 0 Å². The second-order valence-corrected chi connectivity index (χ2v) is 8.51. The van der Waals surface area contributed by atoms with Crippen LogP contribution in [0.1, 0.15) is 27.8 Å². The smallest absolute Gasteiger partial charge is 0.471 e. The van der Waals surface area contributed by atoms with Gasteiger partial charge in [-0.2, -0.15) is 44.6 Å². The molecule has 0 heterocycles. The summed E-state index contributed by atoms with van der Waals surface area (Å²) in [4.78, 5) is 34.4. The van der Waals surface area contributed by atoms with Crippen molar-refractivity contribution in [2.24, 2.45) is 5.11 Å². The number of benzene rings is 1. The van der Waals surface area contributed by atoms with Crippen molar-refractivity contribution in [3.05, 3.63) is 27.8 Å². The zero-order valence-electron chi connectivity index (χ0n) is 22.7. The maximum atomic E-state index is 12.8. The number of hydrogen-bond donors (Lipinski definition) is 4. The highest BCUT2D eigenvalue weighted by Gasteiger charge is 2.40. The first kappa shape index (κ1) is 37.3. The summed E-state index contributed by atoms with van der Waals surface area (Å²) in [5.74, 6) is -7.55. The molecule has 0 unspecified atom stereocenters. The number of hydrogen-bond acceptors (Lipinski definition) is 8. The third kappa shape index (κ3) is 12.2. The standard InChI is InChI=1S/C23H28F9N5O6/c1-12-14(9-34-18(38)21(24,25)26)13(2)16(11-36-20(40)23(30,31)32)17(15(12)10-35-19(39)22(27,28)29)43-8-7-42-6-5-41-4-3-37-33/h33H,3-11H2,1-2H3,(H,34,38)(H,35,39)(H,36,40). The van der Waals surface area contributed by atoms with Crippen LogP contribution in [0.3, 0.4) is 0 Å². The Morgan fingerprint density at radius 3 is 1.35 bits per heavy atom. The lowest BCUT2D eigenvalue weighted by Crippen LogP contribution is -2.38. The first-order chi connectivity index (χ1) is 19.8. The molecule has 1 aromatic carbocycles. The van der Waals surface area contributed by atoms with E-state index in [-0.39, 0.29) is 73.1 Å². The van der Waals surface area contributed by atoms with Crippen LogP contribution in [0.2, 0.25) is 0 Å². The summed E-state index contributed by atoms with van der Waals surface area (Å²) in [6, 6.07) is 0. The Bertz CT molecular complexity index is 1080. The Hall–Kier alpha value is -3.68. The van der Waals surface area contributed by atoms with Crippen molar-refractivity contribution < 1.29 is 68.1 Å². The van der Waals surface area contributed by atoms with Crippen molar-refractivity contribution in [3.63, 3.8) is 0 Å². The predicted molar refractivity (Wildman–Crippen MR) is 127 cm³/mol. The average molecular weight is 641 g/mol. The van der Waals surface area contributed by atoms with Gasteiger partial charge in [-0.3, -0.25) is 14.4 Å². The number of nitrogens with zero attached hydrogens (tertiary/aromatic N) is 1. The van der Waals surface area contributed by atoms with Crippen LogP contribution >= 0.6 is 0 Å².